The Hall–Kier alpha value is -2.57. The summed E-state index contributed by atoms with van der Waals surface area (Å²) in [6, 6.07) is 6.27. The second-order valence-corrected chi connectivity index (χ2v) is 9.46. The van der Waals surface area contributed by atoms with E-state index < -0.39 is 5.54 Å². The molecule has 0 aromatic heterocycles. The first-order chi connectivity index (χ1) is 14.8. The number of benzene rings is 1. The van der Waals surface area contributed by atoms with Crippen molar-refractivity contribution in [1.82, 2.24) is 14.7 Å². The molecular weight excluding hydrogens is 392 g/mol. The van der Waals surface area contributed by atoms with E-state index in [4.69, 9.17) is 9.73 Å². The molecule has 2 aliphatic heterocycles. The van der Waals surface area contributed by atoms with Gasteiger partial charge in [0.05, 0.1) is 12.3 Å². The van der Waals surface area contributed by atoms with Crippen molar-refractivity contribution in [2.75, 3.05) is 20.7 Å². The molecule has 2 fully saturated rings. The number of aliphatic imine (C=N–C) groups is 1. The maximum Gasteiger partial charge on any atom is 0.254 e. The summed E-state index contributed by atoms with van der Waals surface area (Å²) < 4.78 is 5.94. The van der Waals surface area contributed by atoms with Crippen LogP contribution < -0.4 is 4.74 Å². The van der Waals surface area contributed by atoms with Gasteiger partial charge in [-0.25, -0.2) is 4.99 Å². The molecular formula is C24H34N4O3. The number of ether oxygens (including phenoxy) is 1. The zero-order chi connectivity index (χ0) is 22.2. The number of hydrogen-bond acceptors (Lipinski definition) is 5. The third-order valence-electron chi connectivity index (χ3n) is 6.96. The third-order valence-corrected chi connectivity index (χ3v) is 6.96. The number of likely N-dealkylation sites (N-methyl/N-ethyl adjacent to an activating group) is 1. The number of fused-ring (bicyclic) bond motifs is 2. The van der Waals surface area contributed by atoms with Crippen LogP contribution in [0.2, 0.25) is 0 Å². The lowest BCUT2D eigenvalue weighted by molar-refractivity contribution is -0.133. The van der Waals surface area contributed by atoms with Crippen LogP contribution in [-0.2, 0) is 16.1 Å². The fourth-order valence-electron chi connectivity index (χ4n) is 4.88. The monoisotopic (exact) mass is 426 g/mol. The van der Waals surface area contributed by atoms with Crippen LogP contribution in [0.15, 0.2) is 23.2 Å². The highest BCUT2D eigenvalue weighted by atomic mass is 16.5. The van der Waals surface area contributed by atoms with Gasteiger partial charge in [0.1, 0.15) is 11.3 Å². The summed E-state index contributed by atoms with van der Waals surface area (Å²) in [5.41, 5.74) is 1.32. The molecule has 3 aliphatic rings. The van der Waals surface area contributed by atoms with Gasteiger partial charge in [0.25, 0.3) is 5.91 Å². The second kappa shape index (κ2) is 8.52. The lowest BCUT2D eigenvalue weighted by Gasteiger charge is -2.33. The van der Waals surface area contributed by atoms with Crippen molar-refractivity contribution < 1.29 is 14.3 Å². The van der Waals surface area contributed by atoms with Crippen molar-refractivity contribution in [1.29, 1.82) is 0 Å². The predicted octanol–water partition coefficient (Wildman–Crippen LogP) is 3.69. The van der Waals surface area contributed by atoms with E-state index in [-0.39, 0.29) is 11.8 Å². The first-order valence-corrected chi connectivity index (χ1v) is 11.4. The van der Waals surface area contributed by atoms with Gasteiger partial charge < -0.3 is 14.5 Å². The molecule has 7 heteroatoms. The molecule has 0 atom stereocenters. The topological polar surface area (TPSA) is 65.5 Å². The first-order valence-electron chi connectivity index (χ1n) is 11.4. The molecule has 7 nitrogen and oxygen atoms in total. The van der Waals surface area contributed by atoms with Crippen LogP contribution in [-0.4, -0.2) is 64.8 Å². The lowest BCUT2D eigenvalue weighted by Crippen LogP contribution is -2.44. The summed E-state index contributed by atoms with van der Waals surface area (Å²) in [7, 11) is 3.72. The first kappa shape index (κ1) is 21.7. The normalized spacial score (nSPS) is 20.3. The van der Waals surface area contributed by atoms with Crippen LogP contribution >= 0.6 is 0 Å². The minimum Gasteiger partial charge on any atom is -0.494 e. The SMILES string of the molecule is CN1C(=O)C(C)(C)N2Cc3cc(OCCCC(=O)N(C)C4CCCCC4)ccc3N=C12. The summed E-state index contributed by atoms with van der Waals surface area (Å²) in [6.45, 7) is 5.00. The Kier molecular flexibility index (Phi) is 5.95. The van der Waals surface area contributed by atoms with Gasteiger partial charge in [0.2, 0.25) is 11.9 Å². The molecule has 168 valence electrons. The Labute approximate surface area is 185 Å². The number of carbonyl (C=O) groups excluding carboxylic acids is 2. The highest BCUT2D eigenvalue weighted by Gasteiger charge is 2.49. The zero-order valence-electron chi connectivity index (χ0n) is 19.2. The molecule has 1 saturated carbocycles. The average molecular weight is 427 g/mol. The Morgan fingerprint density at radius 2 is 2.00 bits per heavy atom. The summed E-state index contributed by atoms with van der Waals surface area (Å²) in [6.07, 6.45) is 7.24. The van der Waals surface area contributed by atoms with E-state index in [1.807, 2.05) is 48.9 Å². The molecule has 31 heavy (non-hydrogen) atoms. The molecule has 0 N–H and O–H groups in total. The van der Waals surface area contributed by atoms with Crippen molar-refractivity contribution in [2.45, 2.75) is 76.9 Å². The van der Waals surface area contributed by atoms with Crippen molar-refractivity contribution in [2.24, 2.45) is 4.99 Å². The molecule has 0 radical (unpaired) electrons. The number of guanidine groups is 1. The Bertz CT molecular complexity index is 889. The van der Waals surface area contributed by atoms with Gasteiger partial charge in [-0.3, -0.25) is 14.5 Å². The average Bonchev–Trinajstić information content (AvgIpc) is 2.95. The van der Waals surface area contributed by atoms with Crippen LogP contribution in [0, 0.1) is 0 Å². The fourth-order valence-corrected chi connectivity index (χ4v) is 4.88. The molecule has 2 heterocycles. The van der Waals surface area contributed by atoms with Crippen molar-refractivity contribution in [3.63, 3.8) is 0 Å². The third kappa shape index (κ3) is 4.14. The maximum absolute atomic E-state index is 12.5. The number of amides is 2. The molecule has 0 unspecified atom stereocenters. The molecule has 2 amide bonds. The number of nitrogens with zero attached hydrogens (tertiary/aromatic N) is 4. The number of carbonyl (C=O) groups is 2. The van der Waals surface area contributed by atoms with E-state index in [1.54, 1.807) is 11.9 Å². The quantitative estimate of drug-likeness (QED) is 0.651. The maximum atomic E-state index is 12.5. The van der Waals surface area contributed by atoms with Gasteiger partial charge in [-0.05, 0) is 51.3 Å². The Morgan fingerprint density at radius 1 is 1.26 bits per heavy atom. The second-order valence-electron chi connectivity index (χ2n) is 9.46. The number of rotatable bonds is 6. The molecule has 0 bridgehead atoms. The largest absolute Gasteiger partial charge is 0.494 e. The van der Waals surface area contributed by atoms with Gasteiger partial charge in [-0.15, -0.1) is 0 Å². The van der Waals surface area contributed by atoms with Crippen molar-refractivity contribution in [3.8, 4) is 5.75 Å². The van der Waals surface area contributed by atoms with E-state index in [0.29, 0.717) is 38.0 Å². The molecule has 0 spiro atoms. The minimum absolute atomic E-state index is 0.0541. The Morgan fingerprint density at radius 3 is 2.74 bits per heavy atom. The highest BCUT2D eigenvalue weighted by Crippen LogP contribution is 2.37. The van der Waals surface area contributed by atoms with Crippen LogP contribution in [0.3, 0.4) is 0 Å². The summed E-state index contributed by atoms with van der Waals surface area (Å²) in [4.78, 5) is 35.3. The van der Waals surface area contributed by atoms with Crippen LogP contribution in [0.25, 0.3) is 0 Å². The Balaban J connectivity index is 1.31. The molecule has 1 aliphatic carbocycles. The van der Waals surface area contributed by atoms with Crippen molar-refractivity contribution in [3.05, 3.63) is 23.8 Å². The molecule has 1 saturated heterocycles. The minimum atomic E-state index is -0.604. The predicted molar refractivity (Wildman–Crippen MR) is 120 cm³/mol. The van der Waals surface area contributed by atoms with E-state index in [1.165, 1.54) is 19.3 Å². The van der Waals surface area contributed by atoms with E-state index in [2.05, 4.69) is 0 Å². The molecule has 1 aromatic carbocycles. The highest BCUT2D eigenvalue weighted by molar-refractivity contribution is 6.09. The summed E-state index contributed by atoms with van der Waals surface area (Å²) >= 11 is 0. The van der Waals surface area contributed by atoms with E-state index in [0.717, 1.165) is 29.8 Å². The molecule has 1 aromatic rings. The van der Waals surface area contributed by atoms with Gasteiger partial charge in [-0.1, -0.05) is 19.3 Å². The molecule has 4 rings (SSSR count). The van der Waals surface area contributed by atoms with Crippen LogP contribution in [0.5, 0.6) is 5.75 Å². The van der Waals surface area contributed by atoms with Crippen molar-refractivity contribution >= 4 is 23.5 Å². The van der Waals surface area contributed by atoms with Gasteiger partial charge in [0.15, 0.2) is 0 Å². The van der Waals surface area contributed by atoms with Gasteiger partial charge >= 0.3 is 0 Å². The zero-order valence-corrected chi connectivity index (χ0v) is 19.2. The van der Waals surface area contributed by atoms with Gasteiger partial charge in [0, 0.05) is 38.7 Å². The van der Waals surface area contributed by atoms with Crippen LogP contribution in [0.1, 0.15) is 64.4 Å². The number of hydrogen-bond donors (Lipinski definition) is 0. The summed E-state index contributed by atoms with van der Waals surface area (Å²) in [5, 5.41) is 0. The van der Waals surface area contributed by atoms with Crippen LogP contribution in [0.4, 0.5) is 5.69 Å². The van der Waals surface area contributed by atoms with E-state index in [9.17, 15) is 9.59 Å². The lowest BCUT2D eigenvalue weighted by atomic mass is 9.94. The standard InChI is InChI=1S/C24H34N4O3/c1-24(2)22(30)27(4)23-25-20-13-12-19(15-17(20)16-28(23)24)31-14-8-11-21(29)26(3)18-9-6-5-7-10-18/h12-13,15,18H,5-11,14,16H2,1-4H3. The smallest absolute Gasteiger partial charge is 0.254 e. The van der Waals surface area contributed by atoms with Gasteiger partial charge in [-0.2, -0.15) is 0 Å². The van der Waals surface area contributed by atoms with E-state index >= 15 is 0 Å². The fraction of sp³-hybridized carbons (Fsp3) is 0.625. The summed E-state index contributed by atoms with van der Waals surface area (Å²) in [5.74, 6) is 1.75.